The number of piperidine rings is 1. The van der Waals surface area contributed by atoms with Gasteiger partial charge in [0.05, 0.1) is 0 Å². The quantitative estimate of drug-likeness (QED) is 0.289. The van der Waals surface area contributed by atoms with Gasteiger partial charge in [0.1, 0.15) is 0 Å². The van der Waals surface area contributed by atoms with Crippen molar-refractivity contribution in [3.05, 3.63) is 12.7 Å². The number of nitrogens with one attached hydrogen (secondary N) is 1. The Hall–Kier alpha value is -1.03. The van der Waals surface area contributed by atoms with Crippen LogP contribution < -0.4 is 5.32 Å². The van der Waals surface area contributed by atoms with Crippen LogP contribution in [-0.2, 0) is 0 Å². The Morgan fingerprint density at radius 2 is 2.04 bits per heavy atom. The minimum Gasteiger partial charge on any atom is -0.357 e. The van der Waals surface area contributed by atoms with E-state index in [-0.39, 0.29) is 0 Å². The van der Waals surface area contributed by atoms with Crippen molar-refractivity contribution >= 4 is 5.96 Å². The van der Waals surface area contributed by atoms with E-state index >= 15 is 0 Å². The average Bonchev–Trinajstić information content (AvgIpc) is 2.55. The van der Waals surface area contributed by atoms with Crippen molar-refractivity contribution in [2.75, 3.05) is 46.3 Å². The fraction of sp³-hybridized carbons (Fsp3) is 0.842. The summed E-state index contributed by atoms with van der Waals surface area (Å²) in [7, 11) is 2.12. The second kappa shape index (κ2) is 12.4. The van der Waals surface area contributed by atoms with Crippen LogP contribution in [-0.4, -0.2) is 62.1 Å². The summed E-state index contributed by atoms with van der Waals surface area (Å²) in [5.74, 6) is 1.97. The van der Waals surface area contributed by atoms with E-state index in [2.05, 4.69) is 42.6 Å². The highest BCUT2D eigenvalue weighted by Crippen LogP contribution is 2.16. The number of unbranched alkanes of at least 4 members (excludes halogenated alkanes) is 2. The lowest BCUT2D eigenvalue weighted by Gasteiger charge is -2.30. The van der Waals surface area contributed by atoms with Gasteiger partial charge in [-0.1, -0.05) is 13.0 Å². The third-order valence-electron chi connectivity index (χ3n) is 4.62. The van der Waals surface area contributed by atoms with Crippen LogP contribution in [0.5, 0.6) is 0 Å². The Morgan fingerprint density at radius 3 is 2.70 bits per heavy atom. The molecule has 1 rings (SSSR count). The first-order chi connectivity index (χ1) is 11.2. The van der Waals surface area contributed by atoms with Crippen molar-refractivity contribution in [2.45, 2.75) is 52.4 Å². The number of aliphatic imine (C=N–C) groups is 1. The second-order valence-electron chi connectivity index (χ2n) is 6.82. The zero-order chi connectivity index (χ0) is 16.9. The molecule has 0 amide bonds. The highest BCUT2D eigenvalue weighted by Gasteiger charge is 2.14. The van der Waals surface area contributed by atoms with Crippen molar-refractivity contribution in [2.24, 2.45) is 10.9 Å². The van der Waals surface area contributed by atoms with Gasteiger partial charge >= 0.3 is 0 Å². The largest absolute Gasteiger partial charge is 0.357 e. The van der Waals surface area contributed by atoms with E-state index in [1.807, 2.05) is 6.08 Å². The van der Waals surface area contributed by atoms with Crippen LogP contribution in [0.25, 0.3) is 0 Å². The van der Waals surface area contributed by atoms with Crippen molar-refractivity contribution in [1.82, 2.24) is 15.1 Å². The molecule has 134 valence electrons. The SMILES string of the molecule is C=CCCCN(C)C(=NCCCCN1CCC(C)CC1)NCC. The van der Waals surface area contributed by atoms with Crippen LogP contribution in [0.2, 0.25) is 0 Å². The summed E-state index contributed by atoms with van der Waals surface area (Å²) in [5.41, 5.74) is 0. The van der Waals surface area contributed by atoms with Crippen LogP contribution in [0.1, 0.15) is 52.4 Å². The first-order valence-corrected chi connectivity index (χ1v) is 9.50. The van der Waals surface area contributed by atoms with Crippen LogP contribution in [0, 0.1) is 5.92 Å². The lowest BCUT2D eigenvalue weighted by Crippen LogP contribution is -2.39. The van der Waals surface area contributed by atoms with E-state index in [4.69, 9.17) is 4.99 Å². The third kappa shape index (κ3) is 8.99. The molecule has 0 atom stereocenters. The average molecular weight is 323 g/mol. The molecule has 1 heterocycles. The van der Waals surface area contributed by atoms with E-state index < -0.39 is 0 Å². The molecule has 1 N–H and O–H groups in total. The molecule has 1 saturated heterocycles. The lowest BCUT2D eigenvalue weighted by molar-refractivity contribution is 0.190. The molecule has 0 bridgehead atoms. The number of likely N-dealkylation sites (tertiary alicyclic amines) is 1. The Balaban J connectivity index is 2.21. The molecule has 0 aliphatic carbocycles. The molecule has 0 aromatic heterocycles. The maximum Gasteiger partial charge on any atom is 0.193 e. The van der Waals surface area contributed by atoms with Gasteiger partial charge in [0.15, 0.2) is 5.96 Å². The lowest BCUT2D eigenvalue weighted by atomic mass is 9.99. The van der Waals surface area contributed by atoms with Gasteiger partial charge < -0.3 is 15.1 Å². The zero-order valence-electron chi connectivity index (χ0n) is 15.7. The number of allylic oxidation sites excluding steroid dienone is 1. The minimum atomic E-state index is 0.926. The monoisotopic (exact) mass is 322 g/mol. The number of hydrogen-bond donors (Lipinski definition) is 1. The van der Waals surface area contributed by atoms with Crippen LogP contribution in [0.3, 0.4) is 0 Å². The Morgan fingerprint density at radius 1 is 1.30 bits per heavy atom. The van der Waals surface area contributed by atoms with Gasteiger partial charge in [-0.05, 0) is 71.0 Å². The Labute approximate surface area is 144 Å². The van der Waals surface area contributed by atoms with E-state index in [0.717, 1.165) is 44.4 Å². The number of guanidine groups is 1. The normalized spacial score (nSPS) is 17.3. The summed E-state index contributed by atoms with van der Waals surface area (Å²) < 4.78 is 0. The fourth-order valence-corrected chi connectivity index (χ4v) is 2.97. The topological polar surface area (TPSA) is 30.9 Å². The summed E-state index contributed by atoms with van der Waals surface area (Å²) in [5, 5.41) is 3.39. The molecule has 0 spiro atoms. The van der Waals surface area contributed by atoms with Crippen molar-refractivity contribution < 1.29 is 0 Å². The molecule has 1 aliphatic rings. The first-order valence-electron chi connectivity index (χ1n) is 9.50. The molecular formula is C19H38N4. The summed E-state index contributed by atoms with van der Waals surface area (Å²) in [6.07, 6.45) is 9.38. The number of nitrogens with zero attached hydrogens (tertiary/aromatic N) is 3. The third-order valence-corrected chi connectivity index (χ3v) is 4.62. The molecule has 4 heteroatoms. The predicted octanol–water partition coefficient (Wildman–Crippen LogP) is 3.36. The van der Waals surface area contributed by atoms with E-state index in [0.29, 0.717) is 0 Å². The molecule has 0 saturated carbocycles. The van der Waals surface area contributed by atoms with E-state index in [1.165, 1.54) is 45.3 Å². The fourth-order valence-electron chi connectivity index (χ4n) is 2.97. The molecular weight excluding hydrogens is 284 g/mol. The van der Waals surface area contributed by atoms with Crippen molar-refractivity contribution in [1.29, 1.82) is 0 Å². The molecule has 4 nitrogen and oxygen atoms in total. The summed E-state index contributed by atoms with van der Waals surface area (Å²) in [6, 6.07) is 0. The molecule has 1 fully saturated rings. The molecule has 1 aliphatic heterocycles. The smallest absolute Gasteiger partial charge is 0.193 e. The molecule has 23 heavy (non-hydrogen) atoms. The highest BCUT2D eigenvalue weighted by atomic mass is 15.3. The molecule has 0 aromatic rings. The molecule has 0 unspecified atom stereocenters. The van der Waals surface area contributed by atoms with E-state index in [1.54, 1.807) is 0 Å². The van der Waals surface area contributed by atoms with E-state index in [9.17, 15) is 0 Å². The minimum absolute atomic E-state index is 0.926. The maximum absolute atomic E-state index is 4.77. The van der Waals surface area contributed by atoms with Gasteiger partial charge in [0.2, 0.25) is 0 Å². The predicted molar refractivity (Wildman–Crippen MR) is 102 cm³/mol. The van der Waals surface area contributed by atoms with Crippen molar-refractivity contribution in [3.8, 4) is 0 Å². The molecule has 0 aromatic carbocycles. The highest BCUT2D eigenvalue weighted by molar-refractivity contribution is 5.79. The summed E-state index contributed by atoms with van der Waals surface area (Å²) in [6.45, 7) is 15.0. The summed E-state index contributed by atoms with van der Waals surface area (Å²) >= 11 is 0. The van der Waals surface area contributed by atoms with Gasteiger partial charge in [0.25, 0.3) is 0 Å². The van der Waals surface area contributed by atoms with Crippen LogP contribution in [0.15, 0.2) is 17.6 Å². The maximum atomic E-state index is 4.77. The molecule has 0 radical (unpaired) electrons. The van der Waals surface area contributed by atoms with Gasteiger partial charge in [-0.25, -0.2) is 0 Å². The van der Waals surface area contributed by atoms with Gasteiger partial charge in [-0.15, -0.1) is 6.58 Å². The van der Waals surface area contributed by atoms with Gasteiger partial charge in [-0.2, -0.15) is 0 Å². The second-order valence-corrected chi connectivity index (χ2v) is 6.82. The van der Waals surface area contributed by atoms with Crippen molar-refractivity contribution in [3.63, 3.8) is 0 Å². The Bertz CT molecular complexity index is 332. The summed E-state index contributed by atoms with van der Waals surface area (Å²) in [4.78, 5) is 9.63. The van der Waals surface area contributed by atoms with Crippen LogP contribution in [0.4, 0.5) is 0 Å². The first kappa shape index (κ1) is 20.0. The van der Waals surface area contributed by atoms with Gasteiger partial charge in [-0.3, -0.25) is 4.99 Å². The number of hydrogen-bond acceptors (Lipinski definition) is 2. The standard InChI is InChI=1S/C19H38N4/c1-5-7-9-14-22(4)19(20-6-2)21-13-8-10-15-23-16-11-18(3)12-17-23/h5,18H,1,6-17H2,2-4H3,(H,20,21). The Kier molecular flexibility index (Phi) is 10.8. The van der Waals surface area contributed by atoms with Crippen LogP contribution >= 0.6 is 0 Å². The number of rotatable bonds is 10. The zero-order valence-corrected chi connectivity index (χ0v) is 15.7. The van der Waals surface area contributed by atoms with Gasteiger partial charge in [0, 0.05) is 26.7 Å².